The third kappa shape index (κ3) is 4.11. The van der Waals surface area contributed by atoms with Gasteiger partial charge in [0.1, 0.15) is 5.82 Å². The number of fused-ring (bicyclic) bond motifs is 1. The van der Waals surface area contributed by atoms with Gasteiger partial charge in [0.05, 0.1) is 40.1 Å². The fourth-order valence-corrected chi connectivity index (χ4v) is 4.67. The molecule has 11 heteroatoms. The first kappa shape index (κ1) is 24.0. The average Bonchev–Trinajstić information content (AvgIpc) is 3.18. The maximum atomic E-state index is 14.9. The second kappa shape index (κ2) is 8.90. The van der Waals surface area contributed by atoms with E-state index in [4.69, 9.17) is 16.3 Å². The number of esters is 1. The van der Waals surface area contributed by atoms with Crippen molar-refractivity contribution >= 4 is 40.2 Å². The molecule has 1 saturated heterocycles. The van der Waals surface area contributed by atoms with E-state index in [0.717, 1.165) is 16.8 Å². The monoisotopic (exact) mass is 497 g/mol. The zero-order valence-corrected chi connectivity index (χ0v) is 19.0. The van der Waals surface area contributed by atoms with Crippen molar-refractivity contribution in [2.24, 2.45) is 5.92 Å². The second-order valence-corrected chi connectivity index (χ2v) is 8.53. The van der Waals surface area contributed by atoms with Gasteiger partial charge in [-0.25, -0.2) is 4.39 Å². The number of ether oxygens (including phenoxy) is 1. The number of halogens is 5. The third-order valence-electron chi connectivity index (χ3n) is 6.05. The van der Waals surface area contributed by atoms with Crippen LogP contribution in [0.15, 0.2) is 36.4 Å². The van der Waals surface area contributed by atoms with Crippen LogP contribution in [0.2, 0.25) is 5.02 Å². The van der Waals surface area contributed by atoms with Gasteiger partial charge in [0.25, 0.3) is 5.91 Å². The van der Waals surface area contributed by atoms with Crippen molar-refractivity contribution in [1.29, 1.82) is 0 Å². The molecule has 1 fully saturated rings. The summed E-state index contributed by atoms with van der Waals surface area (Å²) in [5.41, 5.74) is -1.97. The highest BCUT2D eigenvalue weighted by atomic mass is 35.5. The van der Waals surface area contributed by atoms with Gasteiger partial charge in [-0.1, -0.05) is 23.7 Å². The van der Waals surface area contributed by atoms with E-state index in [1.807, 2.05) is 6.92 Å². The van der Waals surface area contributed by atoms with E-state index in [0.29, 0.717) is 19.4 Å². The van der Waals surface area contributed by atoms with Gasteiger partial charge >= 0.3 is 12.1 Å². The van der Waals surface area contributed by atoms with Crippen LogP contribution in [-0.4, -0.2) is 41.4 Å². The lowest BCUT2D eigenvalue weighted by atomic mass is 9.91. The lowest BCUT2D eigenvalue weighted by molar-refractivity contribution is -0.146. The highest BCUT2D eigenvalue weighted by Crippen LogP contribution is 2.38. The van der Waals surface area contributed by atoms with Crippen molar-refractivity contribution in [3.05, 3.63) is 58.4 Å². The number of benzene rings is 2. The Kier molecular flexibility index (Phi) is 6.28. The van der Waals surface area contributed by atoms with Gasteiger partial charge in [0.15, 0.2) is 5.82 Å². The Balaban J connectivity index is 1.83. The fourth-order valence-electron chi connectivity index (χ4n) is 4.42. The molecule has 0 bridgehead atoms. The van der Waals surface area contributed by atoms with Crippen LogP contribution in [-0.2, 0) is 15.7 Å². The van der Waals surface area contributed by atoms with Crippen LogP contribution in [0, 0.1) is 11.7 Å². The molecule has 2 unspecified atom stereocenters. The minimum atomic E-state index is -4.84. The quantitative estimate of drug-likeness (QED) is 0.362. The number of aromatic nitrogens is 2. The first-order valence-corrected chi connectivity index (χ1v) is 10.8. The number of carbonyl (C=O) groups is 2. The van der Waals surface area contributed by atoms with Gasteiger partial charge in [0, 0.05) is 12.6 Å². The van der Waals surface area contributed by atoms with Crippen molar-refractivity contribution in [2.75, 3.05) is 18.6 Å². The number of carbonyl (C=O) groups excluding carboxylic acids is 2. The molecule has 0 spiro atoms. The van der Waals surface area contributed by atoms with Crippen LogP contribution in [0.5, 0.6) is 0 Å². The highest BCUT2D eigenvalue weighted by molar-refractivity contribution is 6.34. The van der Waals surface area contributed by atoms with Crippen LogP contribution in [0.4, 0.5) is 23.4 Å². The Hall–Kier alpha value is -3.14. The minimum absolute atomic E-state index is 0.000157. The summed E-state index contributed by atoms with van der Waals surface area (Å²) in [6.07, 6.45) is -4.01. The summed E-state index contributed by atoms with van der Waals surface area (Å²) in [5.74, 6) is -2.38. The van der Waals surface area contributed by atoms with Gasteiger partial charge in [-0.2, -0.15) is 17.9 Å². The molecule has 180 valence electrons. The summed E-state index contributed by atoms with van der Waals surface area (Å²) in [6.45, 7) is 2.13. The van der Waals surface area contributed by atoms with E-state index in [1.54, 1.807) is 4.90 Å². The van der Waals surface area contributed by atoms with Crippen molar-refractivity contribution in [1.82, 2.24) is 9.78 Å². The minimum Gasteiger partial charge on any atom is -0.469 e. The largest absolute Gasteiger partial charge is 0.469 e. The van der Waals surface area contributed by atoms with Crippen LogP contribution in [0.3, 0.4) is 0 Å². The fraction of sp³-hybridized carbons (Fsp3) is 0.348. The van der Waals surface area contributed by atoms with Gasteiger partial charge < -0.3 is 9.64 Å². The first-order chi connectivity index (χ1) is 16.0. The molecule has 3 aromatic rings. The average molecular weight is 498 g/mol. The number of hydrogen-bond acceptors (Lipinski definition) is 5. The summed E-state index contributed by atoms with van der Waals surface area (Å²) in [5, 5.41) is 3.87. The lowest BCUT2D eigenvalue weighted by Crippen LogP contribution is -2.43. The summed E-state index contributed by atoms with van der Waals surface area (Å²) in [7, 11) is 1.31. The number of nitrogens with zero attached hydrogens (tertiary/aromatic N) is 3. The topological polar surface area (TPSA) is 64.4 Å². The van der Waals surface area contributed by atoms with Crippen molar-refractivity contribution in [3.8, 4) is 0 Å². The molecular formula is C23H20ClF4N3O3. The molecule has 6 nitrogen and oxygen atoms in total. The number of methoxy groups -OCH3 is 1. The van der Waals surface area contributed by atoms with E-state index in [-0.39, 0.29) is 34.6 Å². The molecule has 1 aliphatic heterocycles. The molecule has 1 aromatic heterocycles. The molecule has 34 heavy (non-hydrogen) atoms. The summed E-state index contributed by atoms with van der Waals surface area (Å²) in [6, 6.07) is 6.69. The Morgan fingerprint density at radius 3 is 2.53 bits per heavy atom. The molecule has 2 aromatic carbocycles. The third-order valence-corrected chi connectivity index (χ3v) is 6.36. The van der Waals surface area contributed by atoms with Crippen molar-refractivity contribution in [3.63, 3.8) is 0 Å². The molecule has 0 aliphatic carbocycles. The van der Waals surface area contributed by atoms with Gasteiger partial charge in [-0.15, -0.1) is 5.10 Å². The zero-order chi connectivity index (χ0) is 24.8. The van der Waals surface area contributed by atoms with E-state index in [9.17, 15) is 27.2 Å². The van der Waals surface area contributed by atoms with Gasteiger partial charge in [0.2, 0.25) is 0 Å². The molecule has 2 heterocycles. The highest BCUT2D eigenvalue weighted by Gasteiger charge is 2.38. The summed E-state index contributed by atoms with van der Waals surface area (Å²) < 4.78 is 61.4. The van der Waals surface area contributed by atoms with Crippen LogP contribution in [0.25, 0.3) is 10.9 Å². The van der Waals surface area contributed by atoms with Crippen LogP contribution >= 0.6 is 11.6 Å². The molecule has 0 N–H and O–H groups in total. The summed E-state index contributed by atoms with van der Waals surface area (Å²) in [4.78, 5) is 27.0. The van der Waals surface area contributed by atoms with E-state index in [1.165, 1.54) is 31.4 Å². The molecular weight excluding hydrogens is 478 g/mol. The first-order valence-electron chi connectivity index (χ1n) is 10.5. The molecule has 4 rings (SSSR count). The zero-order valence-electron chi connectivity index (χ0n) is 18.2. The van der Waals surface area contributed by atoms with Crippen LogP contribution < -0.4 is 4.90 Å². The number of piperidine rings is 1. The van der Waals surface area contributed by atoms with Crippen molar-refractivity contribution < 1.29 is 31.9 Å². The molecule has 0 saturated carbocycles. The predicted molar refractivity (Wildman–Crippen MR) is 117 cm³/mol. The second-order valence-electron chi connectivity index (χ2n) is 8.12. The number of rotatable bonds is 3. The summed E-state index contributed by atoms with van der Waals surface area (Å²) >= 11 is 6.01. The van der Waals surface area contributed by atoms with Gasteiger partial charge in [-0.05, 0) is 44.0 Å². The number of anilines is 1. The van der Waals surface area contributed by atoms with Crippen molar-refractivity contribution in [2.45, 2.75) is 32.0 Å². The Morgan fingerprint density at radius 2 is 1.88 bits per heavy atom. The Bertz CT molecular complexity index is 1270. The maximum absolute atomic E-state index is 14.9. The molecule has 1 aliphatic rings. The SMILES string of the molecule is COC(=O)C1CCN(c2nn(C(=O)c3c(Cl)cccc3C(F)(F)F)c3cccc(F)c23)C(C)C1. The van der Waals surface area contributed by atoms with E-state index < -0.39 is 34.1 Å². The Labute approximate surface area is 197 Å². The lowest BCUT2D eigenvalue weighted by Gasteiger charge is -2.37. The number of hydrogen-bond donors (Lipinski definition) is 0. The van der Waals surface area contributed by atoms with E-state index in [2.05, 4.69) is 5.10 Å². The van der Waals surface area contributed by atoms with Crippen LogP contribution in [0.1, 0.15) is 35.7 Å². The molecule has 2 atom stereocenters. The maximum Gasteiger partial charge on any atom is 0.417 e. The number of alkyl halides is 3. The molecule has 0 radical (unpaired) electrons. The van der Waals surface area contributed by atoms with E-state index >= 15 is 0 Å². The normalized spacial score (nSPS) is 18.9. The van der Waals surface area contributed by atoms with Gasteiger partial charge in [-0.3, -0.25) is 9.59 Å². The molecule has 0 amide bonds. The Morgan fingerprint density at radius 1 is 1.18 bits per heavy atom. The standard InChI is InChI=1S/C23H20ClF4N3O3/c1-12-11-13(22(33)34-2)9-10-30(12)20-19-16(25)7-4-8-17(19)31(29-20)21(32)18-14(23(26,27)28)5-3-6-15(18)24/h3-8,12-13H,9-11H2,1-2H3. The smallest absolute Gasteiger partial charge is 0.417 e. The predicted octanol–water partition coefficient (Wildman–Crippen LogP) is 5.31.